The number of rotatable bonds is 4. The summed E-state index contributed by atoms with van der Waals surface area (Å²) in [5.74, 6) is -0.352. The minimum absolute atomic E-state index is 0.101. The topological polar surface area (TPSA) is 38.0 Å². The molecule has 0 atom stereocenters. The second kappa shape index (κ2) is 6.57. The maximum absolute atomic E-state index is 13.8. The largest absolute Gasteiger partial charge is 0.389 e. The van der Waals surface area contributed by atoms with Crippen molar-refractivity contribution in [2.75, 3.05) is 11.6 Å². The van der Waals surface area contributed by atoms with Crippen LogP contribution in [0.25, 0.3) is 0 Å². The van der Waals surface area contributed by atoms with Crippen LogP contribution in [-0.4, -0.2) is 22.5 Å². The van der Waals surface area contributed by atoms with Gasteiger partial charge >= 0.3 is 0 Å². The monoisotopic (exact) mass is 298 g/mol. The molecule has 1 aliphatic carbocycles. The molecule has 2 nitrogen and oxygen atoms in total. The highest BCUT2D eigenvalue weighted by molar-refractivity contribution is 7.99. The van der Waals surface area contributed by atoms with Gasteiger partial charge in [0.2, 0.25) is 0 Å². The van der Waals surface area contributed by atoms with Gasteiger partial charge in [-0.05, 0) is 50.1 Å². The first kappa shape index (κ1) is 14.6. The fraction of sp³-hybridized carbons (Fsp3) is 0.500. The Bertz CT molecular complexity index is 457. The van der Waals surface area contributed by atoms with Crippen molar-refractivity contribution in [3.05, 3.63) is 29.6 Å². The molecule has 1 saturated carbocycles. The molecule has 0 heterocycles. The average molecular weight is 298 g/mol. The molecule has 0 radical (unpaired) electrons. The Morgan fingerprint density at radius 3 is 2.58 bits per heavy atom. The van der Waals surface area contributed by atoms with Gasteiger partial charge in [0.15, 0.2) is 0 Å². The van der Waals surface area contributed by atoms with Gasteiger partial charge in [-0.2, -0.15) is 11.8 Å². The molecule has 3 N–H and O–H groups in total. The number of nitrogens with two attached hydrogens (primary N) is 1. The van der Waals surface area contributed by atoms with Crippen molar-refractivity contribution in [1.29, 1.82) is 0 Å². The predicted molar refractivity (Wildman–Crippen MR) is 85.5 cm³/mol. The summed E-state index contributed by atoms with van der Waals surface area (Å²) in [6.07, 6.45) is 6.91. The summed E-state index contributed by atoms with van der Waals surface area (Å²) in [5, 5.41) is 4.18. The fourth-order valence-corrected chi connectivity index (χ4v) is 3.39. The van der Waals surface area contributed by atoms with Crippen LogP contribution < -0.4 is 11.1 Å². The molecule has 1 aromatic carbocycles. The maximum Gasteiger partial charge on any atom is 0.135 e. The van der Waals surface area contributed by atoms with Crippen LogP contribution in [0.3, 0.4) is 0 Å². The third kappa shape index (κ3) is 3.83. The SMILES string of the molecule is CSC1CCC(Nc2ccc(C(N)=S)c(F)c2)CC1. The Kier molecular flexibility index (Phi) is 5.05. The molecule has 19 heavy (non-hydrogen) atoms. The molecule has 104 valence electrons. The second-order valence-electron chi connectivity index (χ2n) is 4.91. The minimum atomic E-state index is -0.352. The summed E-state index contributed by atoms with van der Waals surface area (Å²) < 4.78 is 13.8. The van der Waals surface area contributed by atoms with Crippen molar-refractivity contribution < 1.29 is 4.39 Å². The summed E-state index contributed by atoms with van der Waals surface area (Å²) in [6, 6.07) is 5.42. The molecule has 2 rings (SSSR count). The zero-order chi connectivity index (χ0) is 13.8. The van der Waals surface area contributed by atoms with Gasteiger partial charge in [0.1, 0.15) is 10.8 Å². The van der Waals surface area contributed by atoms with Gasteiger partial charge in [0.25, 0.3) is 0 Å². The predicted octanol–water partition coefficient (Wildman–Crippen LogP) is 3.55. The molecular formula is C14H19FN2S2. The molecule has 0 spiro atoms. The number of benzene rings is 1. The van der Waals surface area contributed by atoms with Crippen molar-refractivity contribution in [2.45, 2.75) is 37.0 Å². The molecule has 5 heteroatoms. The smallest absolute Gasteiger partial charge is 0.135 e. The van der Waals surface area contributed by atoms with Gasteiger partial charge in [-0.1, -0.05) is 12.2 Å². The molecular weight excluding hydrogens is 279 g/mol. The van der Waals surface area contributed by atoms with Crippen LogP contribution >= 0.6 is 24.0 Å². The molecule has 0 aliphatic heterocycles. The van der Waals surface area contributed by atoms with Crippen molar-refractivity contribution in [3.8, 4) is 0 Å². The Morgan fingerprint density at radius 1 is 1.37 bits per heavy atom. The molecule has 0 aromatic heterocycles. The summed E-state index contributed by atoms with van der Waals surface area (Å²) in [4.78, 5) is 0.101. The first-order valence-corrected chi connectivity index (χ1v) is 8.18. The van der Waals surface area contributed by atoms with E-state index in [0.29, 0.717) is 11.6 Å². The van der Waals surface area contributed by atoms with E-state index in [1.165, 1.54) is 18.9 Å². The van der Waals surface area contributed by atoms with Crippen LogP contribution in [0.15, 0.2) is 18.2 Å². The normalized spacial score (nSPS) is 23.1. The van der Waals surface area contributed by atoms with E-state index >= 15 is 0 Å². The Labute approximate surface area is 123 Å². The van der Waals surface area contributed by atoms with E-state index < -0.39 is 0 Å². The average Bonchev–Trinajstić information content (AvgIpc) is 2.39. The zero-order valence-corrected chi connectivity index (χ0v) is 12.6. The Balaban J connectivity index is 1.97. The van der Waals surface area contributed by atoms with Crippen molar-refractivity contribution in [3.63, 3.8) is 0 Å². The van der Waals surface area contributed by atoms with Crippen LogP contribution in [0.1, 0.15) is 31.2 Å². The van der Waals surface area contributed by atoms with E-state index in [-0.39, 0.29) is 10.8 Å². The van der Waals surface area contributed by atoms with Crippen LogP contribution in [0.4, 0.5) is 10.1 Å². The van der Waals surface area contributed by atoms with Gasteiger partial charge in [0.05, 0.1) is 0 Å². The van der Waals surface area contributed by atoms with E-state index in [0.717, 1.165) is 23.8 Å². The first-order valence-electron chi connectivity index (χ1n) is 6.49. The van der Waals surface area contributed by atoms with Gasteiger partial charge in [-0.25, -0.2) is 4.39 Å². The summed E-state index contributed by atoms with van der Waals surface area (Å²) in [6.45, 7) is 0. The lowest BCUT2D eigenvalue weighted by Crippen LogP contribution is -2.27. The van der Waals surface area contributed by atoms with E-state index in [1.54, 1.807) is 6.07 Å². The van der Waals surface area contributed by atoms with E-state index in [2.05, 4.69) is 11.6 Å². The second-order valence-corrected chi connectivity index (χ2v) is 6.49. The highest BCUT2D eigenvalue weighted by Crippen LogP contribution is 2.29. The quantitative estimate of drug-likeness (QED) is 0.834. The molecule has 0 saturated heterocycles. The summed E-state index contributed by atoms with van der Waals surface area (Å²) >= 11 is 6.74. The lowest BCUT2D eigenvalue weighted by molar-refractivity contribution is 0.473. The zero-order valence-electron chi connectivity index (χ0n) is 11.0. The first-order chi connectivity index (χ1) is 9.10. The minimum Gasteiger partial charge on any atom is -0.389 e. The van der Waals surface area contributed by atoms with E-state index in [1.807, 2.05) is 17.8 Å². The number of hydrogen-bond acceptors (Lipinski definition) is 3. The van der Waals surface area contributed by atoms with E-state index in [4.69, 9.17) is 18.0 Å². The lowest BCUT2D eigenvalue weighted by atomic mass is 9.94. The van der Waals surface area contributed by atoms with Crippen LogP contribution in [0.2, 0.25) is 0 Å². The van der Waals surface area contributed by atoms with Crippen LogP contribution in [0.5, 0.6) is 0 Å². The molecule has 0 bridgehead atoms. The molecule has 1 aromatic rings. The molecule has 1 fully saturated rings. The maximum atomic E-state index is 13.8. The fourth-order valence-electron chi connectivity index (χ4n) is 2.48. The molecule has 1 aliphatic rings. The molecule has 0 unspecified atom stereocenters. The molecule has 0 amide bonds. The van der Waals surface area contributed by atoms with Gasteiger partial charge in [-0.15, -0.1) is 0 Å². The standard InChI is InChI=1S/C14H19FN2S2/c1-19-11-5-2-9(3-6-11)17-10-4-7-12(14(16)18)13(15)8-10/h4,7-9,11,17H,2-3,5-6H2,1H3,(H2,16,18). The van der Waals surface area contributed by atoms with Crippen molar-refractivity contribution in [2.24, 2.45) is 5.73 Å². The highest BCUT2D eigenvalue weighted by atomic mass is 32.2. The van der Waals surface area contributed by atoms with E-state index in [9.17, 15) is 4.39 Å². The van der Waals surface area contributed by atoms with Crippen molar-refractivity contribution >= 4 is 34.7 Å². The van der Waals surface area contributed by atoms with Crippen LogP contribution in [-0.2, 0) is 0 Å². The Morgan fingerprint density at radius 2 is 2.05 bits per heavy atom. The summed E-state index contributed by atoms with van der Waals surface area (Å²) in [5.41, 5.74) is 6.57. The summed E-state index contributed by atoms with van der Waals surface area (Å²) in [7, 11) is 0. The number of thioether (sulfide) groups is 1. The van der Waals surface area contributed by atoms with Gasteiger partial charge in [-0.3, -0.25) is 0 Å². The van der Waals surface area contributed by atoms with Crippen molar-refractivity contribution in [1.82, 2.24) is 0 Å². The number of nitrogens with one attached hydrogen (secondary N) is 1. The Hall–Kier alpha value is -0.810. The lowest BCUT2D eigenvalue weighted by Gasteiger charge is -2.28. The third-order valence-electron chi connectivity index (χ3n) is 3.61. The third-order valence-corrected chi connectivity index (χ3v) is 4.97. The van der Waals surface area contributed by atoms with Crippen LogP contribution in [0, 0.1) is 5.82 Å². The van der Waals surface area contributed by atoms with Gasteiger partial charge in [0, 0.05) is 22.5 Å². The number of hydrogen-bond donors (Lipinski definition) is 2. The number of thiocarbonyl (C=S) groups is 1. The highest BCUT2D eigenvalue weighted by Gasteiger charge is 2.20. The number of anilines is 1. The van der Waals surface area contributed by atoms with Gasteiger partial charge < -0.3 is 11.1 Å². The number of halogens is 1.